The predicted octanol–water partition coefficient (Wildman–Crippen LogP) is 3.05. The molecule has 1 aromatic heterocycles. The second kappa shape index (κ2) is 5.97. The van der Waals surface area contributed by atoms with Crippen molar-refractivity contribution in [3.8, 4) is 0 Å². The van der Waals surface area contributed by atoms with Crippen LogP contribution in [0.5, 0.6) is 0 Å². The summed E-state index contributed by atoms with van der Waals surface area (Å²) in [6.07, 6.45) is 1.91. The minimum atomic E-state index is -0.206. The zero-order valence-corrected chi connectivity index (χ0v) is 11.7. The summed E-state index contributed by atoms with van der Waals surface area (Å²) in [4.78, 5) is 0. The molecule has 102 valence electrons. The summed E-state index contributed by atoms with van der Waals surface area (Å²) in [6, 6.07) is 6.85. The highest BCUT2D eigenvalue weighted by Crippen LogP contribution is 2.17. The number of hydrogen-bond donors (Lipinski definition) is 1. The lowest BCUT2D eigenvalue weighted by molar-refractivity contribution is 0.590. The molecule has 2 rings (SSSR count). The van der Waals surface area contributed by atoms with E-state index in [0.717, 1.165) is 17.8 Å². The van der Waals surface area contributed by atoms with E-state index in [0.29, 0.717) is 12.6 Å². The van der Waals surface area contributed by atoms with E-state index in [4.69, 9.17) is 0 Å². The van der Waals surface area contributed by atoms with Crippen molar-refractivity contribution in [2.75, 3.05) is 6.54 Å². The van der Waals surface area contributed by atoms with Crippen LogP contribution < -0.4 is 5.32 Å². The molecule has 0 aliphatic carbocycles. The molecule has 4 heteroatoms. The third-order valence-corrected chi connectivity index (χ3v) is 3.36. The Labute approximate surface area is 113 Å². The summed E-state index contributed by atoms with van der Waals surface area (Å²) < 4.78 is 14.8. The molecule has 1 heterocycles. The fourth-order valence-corrected chi connectivity index (χ4v) is 2.22. The first-order chi connectivity index (χ1) is 9.11. The monoisotopic (exact) mass is 261 g/mol. The van der Waals surface area contributed by atoms with Gasteiger partial charge in [-0.3, -0.25) is 4.68 Å². The van der Waals surface area contributed by atoms with Crippen LogP contribution in [0.4, 0.5) is 4.39 Å². The molecular weight excluding hydrogens is 241 g/mol. The predicted molar refractivity (Wildman–Crippen MR) is 74.6 cm³/mol. The number of nitrogens with zero attached hydrogens (tertiary/aromatic N) is 2. The molecule has 1 unspecified atom stereocenters. The lowest BCUT2D eigenvalue weighted by Crippen LogP contribution is -2.18. The van der Waals surface area contributed by atoms with E-state index in [1.165, 1.54) is 17.7 Å². The van der Waals surface area contributed by atoms with Crippen molar-refractivity contribution >= 4 is 0 Å². The maximum Gasteiger partial charge on any atom is 0.123 e. The molecule has 0 radical (unpaired) electrons. The van der Waals surface area contributed by atoms with E-state index < -0.39 is 0 Å². The second-order valence-electron chi connectivity index (χ2n) is 4.75. The molecule has 0 aliphatic heterocycles. The highest BCUT2D eigenvalue weighted by molar-refractivity contribution is 5.22. The SMILES string of the molecule is CCNC(C)c1cnn(Cc2ccc(F)cc2)c1C. The topological polar surface area (TPSA) is 29.9 Å². The molecule has 0 amide bonds. The van der Waals surface area contributed by atoms with Crippen LogP contribution >= 0.6 is 0 Å². The first-order valence-corrected chi connectivity index (χ1v) is 6.62. The Hall–Kier alpha value is -1.68. The summed E-state index contributed by atoms with van der Waals surface area (Å²) in [6.45, 7) is 7.90. The maximum absolute atomic E-state index is 12.9. The van der Waals surface area contributed by atoms with Gasteiger partial charge in [0.1, 0.15) is 5.82 Å². The molecule has 0 spiro atoms. The van der Waals surface area contributed by atoms with Crippen LogP contribution in [0, 0.1) is 12.7 Å². The van der Waals surface area contributed by atoms with Crippen molar-refractivity contribution < 1.29 is 4.39 Å². The van der Waals surface area contributed by atoms with Crippen molar-refractivity contribution in [2.45, 2.75) is 33.4 Å². The van der Waals surface area contributed by atoms with E-state index in [2.05, 4.69) is 31.2 Å². The summed E-state index contributed by atoms with van der Waals surface area (Å²) in [5.41, 5.74) is 3.41. The third-order valence-electron chi connectivity index (χ3n) is 3.36. The quantitative estimate of drug-likeness (QED) is 0.896. The second-order valence-corrected chi connectivity index (χ2v) is 4.75. The van der Waals surface area contributed by atoms with Gasteiger partial charge in [-0.25, -0.2) is 4.39 Å². The third kappa shape index (κ3) is 3.20. The molecular formula is C15H20FN3. The lowest BCUT2D eigenvalue weighted by atomic mass is 10.1. The minimum absolute atomic E-state index is 0.206. The lowest BCUT2D eigenvalue weighted by Gasteiger charge is -2.12. The van der Waals surface area contributed by atoms with Gasteiger partial charge in [0.15, 0.2) is 0 Å². The molecule has 3 nitrogen and oxygen atoms in total. The normalized spacial score (nSPS) is 12.6. The van der Waals surface area contributed by atoms with Crippen molar-refractivity contribution in [3.05, 3.63) is 53.1 Å². The van der Waals surface area contributed by atoms with Gasteiger partial charge in [0, 0.05) is 17.3 Å². The van der Waals surface area contributed by atoms with Crippen molar-refractivity contribution in [2.24, 2.45) is 0 Å². The van der Waals surface area contributed by atoms with Gasteiger partial charge in [0.2, 0.25) is 0 Å². The van der Waals surface area contributed by atoms with Crippen LogP contribution in [0.1, 0.15) is 36.7 Å². The molecule has 0 saturated heterocycles. The summed E-state index contributed by atoms with van der Waals surface area (Å²) in [5, 5.41) is 7.80. The van der Waals surface area contributed by atoms with Crippen molar-refractivity contribution in [1.82, 2.24) is 15.1 Å². The van der Waals surface area contributed by atoms with Crippen LogP contribution in [0.2, 0.25) is 0 Å². The zero-order chi connectivity index (χ0) is 13.8. The van der Waals surface area contributed by atoms with E-state index in [1.807, 2.05) is 10.9 Å². The van der Waals surface area contributed by atoms with Gasteiger partial charge in [-0.05, 0) is 38.1 Å². The number of nitrogens with one attached hydrogen (secondary N) is 1. The van der Waals surface area contributed by atoms with Gasteiger partial charge in [-0.1, -0.05) is 19.1 Å². The van der Waals surface area contributed by atoms with Gasteiger partial charge < -0.3 is 5.32 Å². The molecule has 1 atom stereocenters. The summed E-state index contributed by atoms with van der Waals surface area (Å²) in [7, 11) is 0. The fourth-order valence-electron chi connectivity index (χ4n) is 2.22. The average Bonchev–Trinajstić information content (AvgIpc) is 2.74. The Bertz CT molecular complexity index is 531. The van der Waals surface area contributed by atoms with Crippen LogP contribution in [-0.2, 0) is 6.54 Å². The van der Waals surface area contributed by atoms with Crippen LogP contribution in [-0.4, -0.2) is 16.3 Å². The van der Waals surface area contributed by atoms with Gasteiger partial charge in [-0.15, -0.1) is 0 Å². The van der Waals surface area contributed by atoms with Crippen LogP contribution in [0.15, 0.2) is 30.5 Å². The highest BCUT2D eigenvalue weighted by Gasteiger charge is 2.12. The van der Waals surface area contributed by atoms with Gasteiger partial charge in [0.05, 0.1) is 12.7 Å². The largest absolute Gasteiger partial charge is 0.310 e. The van der Waals surface area contributed by atoms with Crippen molar-refractivity contribution in [1.29, 1.82) is 0 Å². The first kappa shape index (κ1) is 13.7. The van der Waals surface area contributed by atoms with Gasteiger partial charge in [-0.2, -0.15) is 5.10 Å². The van der Waals surface area contributed by atoms with E-state index in [1.54, 1.807) is 12.1 Å². The number of benzene rings is 1. The van der Waals surface area contributed by atoms with Gasteiger partial charge >= 0.3 is 0 Å². The van der Waals surface area contributed by atoms with Crippen molar-refractivity contribution in [3.63, 3.8) is 0 Å². The molecule has 1 aromatic carbocycles. The molecule has 0 fully saturated rings. The summed E-state index contributed by atoms with van der Waals surface area (Å²) in [5.74, 6) is -0.206. The number of rotatable bonds is 5. The Morgan fingerprint density at radius 2 is 2.00 bits per heavy atom. The molecule has 0 saturated carbocycles. The Morgan fingerprint density at radius 3 is 2.63 bits per heavy atom. The molecule has 2 aromatic rings. The number of halogens is 1. The number of hydrogen-bond acceptors (Lipinski definition) is 2. The molecule has 0 aliphatic rings. The molecule has 1 N–H and O–H groups in total. The minimum Gasteiger partial charge on any atom is -0.310 e. The Balaban J connectivity index is 2.15. The summed E-state index contributed by atoms with van der Waals surface area (Å²) >= 11 is 0. The standard InChI is InChI=1S/C15H20FN3/c1-4-17-11(2)15-9-18-19(12(15)3)10-13-5-7-14(16)8-6-13/h5-9,11,17H,4,10H2,1-3H3. The van der Waals surface area contributed by atoms with Gasteiger partial charge in [0.25, 0.3) is 0 Å². The number of aromatic nitrogens is 2. The molecule has 0 bridgehead atoms. The maximum atomic E-state index is 12.9. The first-order valence-electron chi connectivity index (χ1n) is 6.62. The van der Waals surface area contributed by atoms with E-state index in [-0.39, 0.29) is 5.82 Å². The van der Waals surface area contributed by atoms with Crippen LogP contribution in [0.3, 0.4) is 0 Å². The zero-order valence-electron chi connectivity index (χ0n) is 11.7. The Morgan fingerprint density at radius 1 is 1.32 bits per heavy atom. The van der Waals surface area contributed by atoms with Crippen LogP contribution in [0.25, 0.3) is 0 Å². The average molecular weight is 261 g/mol. The Kier molecular flexibility index (Phi) is 4.32. The van der Waals surface area contributed by atoms with E-state index in [9.17, 15) is 4.39 Å². The fraction of sp³-hybridized carbons (Fsp3) is 0.400. The highest BCUT2D eigenvalue weighted by atomic mass is 19.1. The molecule has 19 heavy (non-hydrogen) atoms. The smallest absolute Gasteiger partial charge is 0.123 e. The van der Waals surface area contributed by atoms with E-state index >= 15 is 0 Å².